The molecule has 3 aromatic rings. The van der Waals surface area contributed by atoms with Crippen LogP contribution >= 0.6 is 12.2 Å². The van der Waals surface area contributed by atoms with E-state index in [1.54, 1.807) is 24.3 Å². The maximum absolute atomic E-state index is 13.9. The zero-order chi connectivity index (χ0) is 21.5. The predicted octanol–water partition coefficient (Wildman–Crippen LogP) is 4.33. The summed E-state index contributed by atoms with van der Waals surface area (Å²) in [7, 11) is 1.46. The third-order valence-electron chi connectivity index (χ3n) is 5.03. The Labute approximate surface area is 174 Å². The first-order valence-electron chi connectivity index (χ1n) is 9.29. The Morgan fingerprint density at radius 3 is 2.83 bits per heavy atom. The lowest BCUT2D eigenvalue weighted by atomic mass is 10.1. The molecule has 1 fully saturated rings. The van der Waals surface area contributed by atoms with Crippen molar-refractivity contribution < 1.29 is 22.6 Å². The zero-order valence-corrected chi connectivity index (χ0v) is 16.8. The van der Waals surface area contributed by atoms with E-state index in [-0.39, 0.29) is 28.8 Å². The summed E-state index contributed by atoms with van der Waals surface area (Å²) < 4.78 is 53.9. The summed E-state index contributed by atoms with van der Waals surface area (Å²) in [5.74, 6) is 0.477. The minimum Gasteiger partial charge on any atom is -0.497 e. The number of nitrogens with zero attached hydrogens (tertiary/aromatic N) is 2. The molecule has 1 N–H and O–H groups in total. The van der Waals surface area contributed by atoms with Gasteiger partial charge in [-0.3, -0.25) is 14.3 Å². The van der Waals surface area contributed by atoms with Gasteiger partial charge in [-0.1, -0.05) is 12.1 Å². The number of rotatable bonds is 4. The van der Waals surface area contributed by atoms with Crippen molar-refractivity contribution in [3.05, 3.63) is 51.0 Å². The second kappa shape index (κ2) is 7.84. The molecule has 0 saturated carbocycles. The van der Waals surface area contributed by atoms with Gasteiger partial charge in [-0.2, -0.15) is 13.2 Å². The predicted molar refractivity (Wildman–Crippen MR) is 107 cm³/mol. The summed E-state index contributed by atoms with van der Waals surface area (Å²) in [6.07, 6.45) is -3.35. The second-order valence-corrected chi connectivity index (χ2v) is 7.37. The highest BCUT2D eigenvalue weighted by Crippen LogP contribution is 2.36. The zero-order valence-electron chi connectivity index (χ0n) is 16.0. The van der Waals surface area contributed by atoms with Gasteiger partial charge in [-0.05, 0) is 43.3 Å². The molecule has 30 heavy (non-hydrogen) atoms. The fourth-order valence-corrected chi connectivity index (χ4v) is 3.84. The second-order valence-electron chi connectivity index (χ2n) is 6.99. The van der Waals surface area contributed by atoms with E-state index in [0.29, 0.717) is 17.9 Å². The fourth-order valence-electron chi connectivity index (χ4n) is 3.59. The number of aromatic amines is 1. The molecule has 1 unspecified atom stereocenters. The van der Waals surface area contributed by atoms with Crippen LogP contribution in [0.2, 0.25) is 0 Å². The Morgan fingerprint density at radius 2 is 2.17 bits per heavy atom. The molecular weight excluding hydrogens is 419 g/mol. The fraction of sp³-hybridized carbons (Fsp3) is 0.350. The van der Waals surface area contributed by atoms with Crippen LogP contribution < -0.4 is 10.3 Å². The topological polar surface area (TPSA) is 69.1 Å². The van der Waals surface area contributed by atoms with Crippen LogP contribution in [0.15, 0.2) is 35.1 Å². The van der Waals surface area contributed by atoms with Gasteiger partial charge in [-0.25, -0.2) is 4.98 Å². The van der Waals surface area contributed by atoms with E-state index in [4.69, 9.17) is 21.7 Å². The molecule has 1 aliphatic heterocycles. The van der Waals surface area contributed by atoms with Gasteiger partial charge >= 0.3 is 6.18 Å². The quantitative estimate of drug-likeness (QED) is 0.616. The number of halogens is 3. The van der Waals surface area contributed by atoms with Gasteiger partial charge in [0, 0.05) is 12.2 Å². The number of hydrogen-bond donors (Lipinski definition) is 1. The SMILES string of the molecule is COc1cccc(-c2cc(C(F)(F)F)c3c(=O)[nH]c(=S)n(CC4CCCO4)c3n2)c1. The standard InChI is InChI=1S/C20H18F3N3O3S/c1-28-12-5-2-4-11(8-12)15-9-14(20(21,22)23)16-17(24-15)26(19(30)25-18(16)27)10-13-6-3-7-29-13/h2,4-5,8-9,13H,3,6-7,10H2,1H3,(H,25,27,30). The first kappa shape index (κ1) is 20.5. The molecule has 10 heteroatoms. The lowest BCUT2D eigenvalue weighted by Gasteiger charge is -2.18. The number of H-pyrrole nitrogens is 1. The maximum atomic E-state index is 13.9. The minimum absolute atomic E-state index is 0.00594. The lowest BCUT2D eigenvalue weighted by molar-refractivity contribution is -0.136. The van der Waals surface area contributed by atoms with E-state index in [1.165, 1.54) is 11.7 Å². The van der Waals surface area contributed by atoms with E-state index in [0.717, 1.165) is 18.9 Å². The summed E-state index contributed by atoms with van der Waals surface area (Å²) in [6.45, 7) is 0.785. The molecule has 3 heterocycles. The summed E-state index contributed by atoms with van der Waals surface area (Å²) >= 11 is 5.25. The van der Waals surface area contributed by atoms with Crippen molar-refractivity contribution >= 4 is 23.3 Å². The number of aromatic nitrogens is 3. The van der Waals surface area contributed by atoms with Crippen LogP contribution in [0, 0.1) is 4.77 Å². The number of methoxy groups -OCH3 is 1. The van der Waals surface area contributed by atoms with Gasteiger partial charge in [0.15, 0.2) is 4.77 Å². The number of ether oxygens (including phenoxy) is 2. The normalized spacial score (nSPS) is 16.9. The van der Waals surface area contributed by atoms with Crippen molar-refractivity contribution in [2.24, 2.45) is 0 Å². The third kappa shape index (κ3) is 3.84. The first-order valence-corrected chi connectivity index (χ1v) is 9.70. The number of nitrogens with one attached hydrogen (secondary N) is 1. The van der Waals surface area contributed by atoms with Crippen molar-refractivity contribution in [1.82, 2.24) is 14.5 Å². The van der Waals surface area contributed by atoms with Crippen LogP contribution in [0.25, 0.3) is 22.3 Å². The van der Waals surface area contributed by atoms with Gasteiger partial charge in [0.1, 0.15) is 11.4 Å². The molecule has 1 atom stereocenters. The van der Waals surface area contributed by atoms with Crippen LogP contribution in [0.3, 0.4) is 0 Å². The van der Waals surface area contributed by atoms with Crippen LogP contribution in [-0.4, -0.2) is 34.4 Å². The monoisotopic (exact) mass is 437 g/mol. The lowest BCUT2D eigenvalue weighted by Crippen LogP contribution is -2.24. The van der Waals surface area contributed by atoms with E-state index in [1.807, 2.05) is 0 Å². The Bertz CT molecular complexity index is 1210. The molecule has 4 rings (SSSR count). The average Bonchev–Trinajstić information content (AvgIpc) is 3.23. The number of benzene rings is 1. The number of alkyl halides is 3. The van der Waals surface area contributed by atoms with E-state index < -0.39 is 22.7 Å². The van der Waals surface area contributed by atoms with Crippen LogP contribution in [0.4, 0.5) is 13.2 Å². The summed E-state index contributed by atoms with van der Waals surface area (Å²) in [4.78, 5) is 19.3. The Morgan fingerprint density at radius 1 is 1.37 bits per heavy atom. The van der Waals surface area contributed by atoms with Crippen LogP contribution in [0.1, 0.15) is 18.4 Å². The van der Waals surface area contributed by atoms with E-state index in [9.17, 15) is 18.0 Å². The van der Waals surface area contributed by atoms with Gasteiger partial charge in [-0.15, -0.1) is 0 Å². The van der Waals surface area contributed by atoms with Gasteiger partial charge in [0.25, 0.3) is 5.56 Å². The van der Waals surface area contributed by atoms with Crippen molar-refractivity contribution in [1.29, 1.82) is 0 Å². The highest BCUT2D eigenvalue weighted by Gasteiger charge is 2.36. The highest BCUT2D eigenvalue weighted by atomic mass is 32.1. The molecule has 0 spiro atoms. The summed E-state index contributed by atoms with van der Waals surface area (Å²) in [5.41, 5.74) is -1.61. The molecule has 1 aliphatic rings. The largest absolute Gasteiger partial charge is 0.497 e. The van der Waals surface area contributed by atoms with Crippen molar-refractivity contribution in [3.8, 4) is 17.0 Å². The summed E-state index contributed by atoms with van der Waals surface area (Å²) in [6, 6.07) is 7.43. The summed E-state index contributed by atoms with van der Waals surface area (Å²) in [5, 5.41) is -0.541. The maximum Gasteiger partial charge on any atom is 0.417 e. The average molecular weight is 437 g/mol. The molecule has 2 aromatic heterocycles. The number of fused-ring (bicyclic) bond motifs is 1. The van der Waals surface area contributed by atoms with Crippen molar-refractivity contribution in [3.63, 3.8) is 0 Å². The molecule has 0 radical (unpaired) electrons. The minimum atomic E-state index is -4.76. The van der Waals surface area contributed by atoms with Crippen molar-refractivity contribution in [2.75, 3.05) is 13.7 Å². The molecule has 0 aliphatic carbocycles. The molecule has 6 nitrogen and oxygen atoms in total. The van der Waals surface area contributed by atoms with Gasteiger partial charge in [0.2, 0.25) is 0 Å². The molecule has 0 bridgehead atoms. The Balaban J connectivity index is 2.02. The number of hydrogen-bond acceptors (Lipinski definition) is 5. The van der Waals surface area contributed by atoms with Gasteiger partial charge < -0.3 is 9.47 Å². The first-order chi connectivity index (χ1) is 14.3. The van der Waals surface area contributed by atoms with Gasteiger partial charge in [0.05, 0.1) is 36.4 Å². The molecular formula is C20H18F3N3O3S. The van der Waals surface area contributed by atoms with Crippen LogP contribution in [0.5, 0.6) is 5.75 Å². The Kier molecular flexibility index (Phi) is 5.37. The molecule has 1 aromatic carbocycles. The number of pyridine rings is 1. The van der Waals surface area contributed by atoms with Crippen LogP contribution in [-0.2, 0) is 17.5 Å². The Hall–Kier alpha value is -2.72. The third-order valence-corrected chi connectivity index (χ3v) is 5.35. The molecule has 158 valence electrons. The molecule has 1 saturated heterocycles. The highest BCUT2D eigenvalue weighted by molar-refractivity contribution is 7.71. The van der Waals surface area contributed by atoms with E-state index in [2.05, 4.69) is 9.97 Å². The smallest absolute Gasteiger partial charge is 0.417 e. The van der Waals surface area contributed by atoms with Crippen molar-refractivity contribution in [2.45, 2.75) is 31.7 Å². The van der Waals surface area contributed by atoms with E-state index >= 15 is 0 Å². The molecule has 0 amide bonds.